The topological polar surface area (TPSA) is 49.7 Å². The van der Waals surface area contributed by atoms with Crippen molar-refractivity contribution in [2.75, 3.05) is 7.11 Å². The number of hydrogen-bond acceptors (Lipinski definition) is 3. The van der Waals surface area contributed by atoms with Gasteiger partial charge in [0.05, 0.1) is 12.7 Å². The van der Waals surface area contributed by atoms with Gasteiger partial charge in [-0.1, -0.05) is 0 Å². The van der Waals surface area contributed by atoms with E-state index in [-0.39, 0.29) is 23.5 Å². The molecule has 0 aliphatic heterocycles. The Bertz CT molecular complexity index is 386. The standard InChI is InChI=1S/C11H13FO3/c1-15-9-3-2-8(12)7(10(9)13)6-11(14)4-5-11/h2-3,13-14H,4-6H2,1H3. The maximum Gasteiger partial charge on any atom is 0.163 e. The highest BCUT2D eigenvalue weighted by Gasteiger charge is 2.41. The molecule has 82 valence electrons. The third kappa shape index (κ3) is 1.90. The molecule has 1 saturated carbocycles. The van der Waals surface area contributed by atoms with Gasteiger partial charge in [-0.2, -0.15) is 0 Å². The lowest BCUT2D eigenvalue weighted by molar-refractivity contribution is 0.148. The summed E-state index contributed by atoms with van der Waals surface area (Å²) in [6.07, 6.45) is 1.45. The lowest BCUT2D eigenvalue weighted by Crippen LogP contribution is -2.12. The van der Waals surface area contributed by atoms with Crippen molar-refractivity contribution in [2.24, 2.45) is 0 Å². The molecule has 1 aromatic carbocycles. The van der Waals surface area contributed by atoms with Crippen LogP contribution in [0, 0.1) is 5.82 Å². The normalized spacial score (nSPS) is 17.5. The Labute approximate surface area is 87.1 Å². The molecule has 0 unspecified atom stereocenters. The number of phenols is 1. The van der Waals surface area contributed by atoms with Gasteiger partial charge in [-0.3, -0.25) is 0 Å². The predicted molar refractivity (Wildman–Crippen MR) is 52.5 cm³/mol. The fourth-order valence-corrected chi connectivity index (χ4v) is 1.57. The first-order valence-corrected chi connectivity index (χ1v) is 4.82. The first-order chi connectivity index (χ1) is 7.06. The van der Waals surface area contributed by atoms with Crippen molar-refractivity contribution in [3.63, 3.8) is 0 Å². The molecule has 1 aromatic rings. The van der Waals surface area contributed by atoms with Gasteiger partial charge in [0.25, 0.3) is 0 Å². The average Bonchev–Trinajstić information content (AvgIpc) is 2.92. The molecule has 2 rings (SSSR count). The van der Waals surface area contributed by atoms with Crippen molar-refractivity contribution in [3.8, 4) is 11.5 Å². The van der Waals surface area contributed by atoms with E-state index in [1.54, 1.807) is 0 Å². The molecule has 3 nitrogen and oxygen atoms in total. The molecule has 15 heavy (non-hydrogen) atoms. The SMILES string of the molecule is COc1ccc(F)c(CC2(O)CC2)c1O. The highest BCUT2D eigenvalue weighted by Crippen LogP contribution is 2.42. The summed E-state index contributed by atoms with van der Waals surface area (Å²) in [4.78, 5) is 0. The van der Waals surface area contributed by atoms with Crippen LogP contribution in [0.15, 0.2) is 12.1 Å². The largest absolute Gasteiger partial charge is 0.504 e. The Morgan fingerprint density at radius 3 is 2.67 bits per heavy atom. The van der Waals surface area contributed by atoms with E-state index in [0.29, 0.717) is 12.8 Å². The summed E-state index contributed by atoms with van der Waals surface area (Å²) in [5, 5.41) is 19.4. The second-order valence-electron chi connectivity index (χ2n) is 3.98. The summed E-state index contributed by atoms with van der Waals surface area (Å²) in [6, 6.07) is 2.60. The Balaban J connectivity index is 2.35. The number of rotatable bonds is 3. The number of aromatic hydroxyl groups is 1. The van der Waals surface area contributed by atoms with E-state index in [1.807, 2.05) is 0 Å². The third-order valence-electron chi connectivity index (χ3n) is 2.74. The zero-order valence-electron chi connectivity index (χ0n) is 8.46. The lowest BCUT2D eigenvalue weighted by atomic mass is 10.0. The molecule has 2 N–H and O–H groups in total. The van der Waals surface area contributed by atoms with Gasteiger partial charge < -0.3 is 14.9 Å². The van der Waals surface area contributed by atoms with E-state index < -0.39 is 11.4 Å². The zero-order chi connectivity index (χ0) is 11.1. The Morgan fingerprint density at radius 1 is 1.47 bits per heavy atom. The van der Waals surface area contributed by atoms with Crippen LogP contribution in [0.25, 0.3) is 0 Å². The minimum Gasteiger partial charge on any atom is -0.504 e. The van der Waals surface area contributed by atoms with Gasteiger partial charge in [0.2, 0.25) is 0 Å². The van der Waals surface area contributed by atoms with Crippen LogP contribution in [0.2, 0.25) is 0 Å². The van der Waals surface area contributed by atoms with E-state index in [1.165, 1.54) is 19.2 Å². The van der Waals surface area contributed by atoms with Crippen LogP contribution in [0.1, 0.15) is 18.4 Å². The number of halogens is 1. The molecule has 0 spiro atoms. The smallest absolute Gasteiger partial charge is 0.163 e. The van der Waals surface area contributed by atoms with Crippen LogP contribution in [0.3, 0.4) is 0 Å². The summed E-state index contributed by atoms with van der Waals surface area (Å²) in [5.74, 6) is -0.484. The minimum absolute atomic E-state index is 0.134. The second-order valence-corrected chi connectivity index (χ2v) is 3.98. The molecule has 0 heterocycles. The molecule has 1 aliphatic rings. The minimum atomic E-state index is -0.829. The molecular formula is C11H13FO3. The van der Waals surface area contributed by atoms with Crippen LogP contribution in [-0.2, 0) is 6.42 Å². The fraction of sp³-hybridized carbons (Fsp3) is 0.455. The van der Waals surface area contributed by atoms with E-state index >= 15 is 0 Å². The van der Waals surface area contributed by atoms with Crippen molar-refractivity contribution >= 4 is 0 Å². The van der Waals surface area contributed by atoms with Gasteiger partial charge in [0.15, 0.2) is 11.5 Å². The fourth-order valence-electron chi connectivity index (χ4n) is 1.57. The zero-order valence-corrected chi connectivity index (χ0v) is 8.46. The number of methoxy groups -OCH3 is 1. The number of ether oxygens (including phenoxy) is 1. The van der Waals surface area contributed by atoms with E-state index in [2.05, 4.69) is 0 Å². The van der Waals surface area contributed by atoms with Crippen LogP contribution in [0.5, 0.6) is 11.5 Å². The number of phenolic OH excluding ortho intramolecular Hbond substituents is 1. The summed E-state index contributed by atoms with van der Waals surface area (Å²) in [6.45, 7) is 0. The maximum atomic E-state index is 13.4. The summed E-state index contributed by atoms with van der Waals surface area (Å²) in [7, 11) is 1.41. The third-order valence-corrected chi connectivity index (χ3v) is 2.74. The van der Waals surface area contributed by atoms with Gasteiger partial charge in [0, 0.05) is 12.0 Å². The van der Waals surface area contributed by atoms with Crippen LogP contribution in [0.4, 0.5) is 4.39 Å². The lowest BCUT2D eigenvalue weighted by Gasteiger charge is -2.12. The first kappa shape index (κ1) is 10.2. The average molecular weight is 212 g/mol. The van der Waals surface area contributed by atoms with Crippen molar-refractivity contribution in [1.29, 1.82) is 0 Å². The molecule has 0 atom stereocenters. The van der Waals surface area contributed by atoms with E-state index in [9.17, 15) is 14.6 Å². The number of hydrogen-bond donors (Lipinski definition) is 2. The maximum absolute atomic E-state index is 13.4. The molecule has 0 saturated heterocycles. The van der Waals surface area contributed by atoms with Crippen LogP contribution >= 0.6 is 0 Å². The molecule has 1 fully saturated rings. The number of benzene rings is 1. The second kappa shape index (κ2) is 3.38. The summed E-state index contributed by atoms with van der Waals surface area (Å²) < 4.78 is 18.3. The Morgan fingerprint density at radius 2 is 2.13 bits per heavy atom. The predicted octanol–water partition coefficient (Wildman–Crippen LogP) is 1.61. The van der Waals surface area contributed by atoms with Crippen LogP contribution in [-0.4, -0.2) is 22.9 Å². The number of aliphatic hydroxyl groups is 1. The van der Waals surface area contributed by atoms with Gasteiger partial charge in [-0.15, -0.1) is 0 Å². The van der Waals surface area contributed by atoms with Gasteiger partial charge >= 0.3 is 0 Å². The van der Waals surface area contributed by atoms with Crippen LogP contribution < -0.4 is 4.74 Å². The highest BCUT2D eigenvalue weighted by atomic mass is 19.1. The molecular weight excluding hydrogens is 199 g/mol. The van der Waals surface area contributed by atoms with Gasteiger partial charge in [-0.05, 0) is 25.0 Å². The quantitative estimate of drug-likeness (QED) is 0.800. The van der Waals surface area contributed by atoms with Crippen molar-refractivity contribution in [2.45, 2.75) is 24.9 Å². The summed E-state index contributed by atoms with van der Waals surface area (Å²) in [5.41, 5.74) is -0.695. The first-order valence-electron chi connectivity index (χ1n) is 4.82. The molecule has 0 bridgehead atoms. The van der Waals surface area contributed by atoms with E-state index in [4.69, 9.17) is 4.74 Å². The van der Waals surface area contributed by atoms with Crippen molar-refractivity contribution in [1.82, 2.24) is 0 Å². The Kier molecular flexibility index (Phi) is 2.31. The van der Waals surface area contributed by atoms with Crippen molar-refractivity contribution in [3.05, 3.63) is 23.5 Å². The van der Waals surface area contributed by atoms with Gasteiger partial charge in [-0.25, -0.2) is 4.39 Å². The Hall–Kier alpha value is -1.29. The highest BCUT2D eigenvalue weighted by molar-refractivity contribution is 5.47. The van der Waals surface area contributed by atoms with E-state index in [0.717, 1.165) is 0 Å². The summed E-state index contributed by atoms with van der Waals surface area (Å²) >= 11 is 0. The van der Waals surface area contributed by atoms with Gasteiger partial charge in [0.1, 0.15) is 5.82 Å². The molecule has 4 heteroatoms. The molecule has 0 aromatic heterocycles. The molecule has 1 aliphatic carbocycles. The molecule has 0 amide bonds. The monoisotopic (exact) mass is 212 g/mol. The molecule has 0 radical (unpaired) electrons. The van der Waals surface area contributed by atoms with Crippen molar-refractivity contribution < 1.29 is 19.3 Å².